The zero-order chi connectivity index (χ0) is 20.1. The lowest BCUT2D eigenvalue weighted by atomic mass is 10.1. The molecule has 2 aromatic rings. The van der Waals surface area contributed by atoms with Crippen molar-refractivity contribution in [1.29, 1.82) is 0 Å². The normalized spacial score (nSPS) is 15.0. The van der Waals surface area contributed by atoms with E-state index < -0.39 is 6.10 Å². The van der Waals surface area contributed by atoms with Gasteiger partial charge in [0.15, 0.2) is 0 Å². The smallest absolute Gasteiger partial charge is 0.119 e. The largest absolute Gasteiger partial charge is 0.494 e. The van der Waals surface area contributed by atoms with Gasteiger partial charge in [0.2, 0.25) is 0 Å². The molecule has 1 aliphatic rings. The summed E-state index contributed by atoms with van der Waals surface area (Å²) in [7, 11) is 8.24. The van der Waals surface area contributed by atoms with Gasteiger partial charge >= 0.3 is 0 Å². The molecule has 0 aliphatic heterocycles. The van der Waals surface area contributed by atoms with Crippen molar-refractivity contribution in [3.05, 3.63) is 47.5 Å². The summed E-state index contributed by atoms with van der Waals surface area (Å²) in [6, 6.07) is 12.0. The molecular weight excluding hydrogens is 352 g/mol. The second-order valence-corrected chi connectivity index (χ2v) is 7.91. The van der Waals surface area contributed by atoms with Gasteiger partial charge in [-0.1, -0.05) is 12.1 Å². The Bertz CT molecular complexity index is 789. The Balaban J connectivity index is 1.67. The molecule has 1 unspecified atom stereocenters. The molecule has 0 saturated heterocycles. The van der Waals surface area contributed by atoms with E-state index in [0.29, 0.717) is 13.2 Å². The fourth-order valence-corrected chi connectivity index (χ4v) is 3.51. The first-order chi connectivity index (χ1) is 13.5. The summed E-state index contributed by atoms with van der Waals surface area (Å²) in [6.07, 6.45) is 1.34. The van der Waals surface area contributed by atoms with E-state index in [2.05, 4.69) is 38.0 Å². The van der Waals surface area contributed by atoms with E-state index in [1.54, 1.807) is 0 Å². The van der Waals surface area contributed by atoms with Crippen LogP contribution in [0.25, 0.3) is 11.1 Å². The van der Waals surface area contributed by atoms with Gasteiger partial charge in [0, 0.05) is 13.1 Å². The van der Waals surface area contributed by atoms with Crippen LogP contribution < -0.4 is 9.47 Å². The molecule has 0 heterocycles. The SMILES string of the molecule is CN(C)CCCOc1ccc2c(c1)-c1ccc(OCCCN(C)C)cc1C2O. The van der Waals surface area contributed by atoms with E-state index in [1.165, 1.54) is 0 Å². The highest BCUT2D eigenvalue weighted by Gasteiger charge is 2.28. The quantitative estimate of drug-likeness (QED) is 0.636. The second-order valence-electron chi connectivity index (χ2n) is 7.91. The maximum absolute atomic E-state index is 10.8. The van der Waals surface area contributed by atoms with E-state index in [4.69, 9.17) is 9.47 Å². The number of aliphatic hydroxyl groups is 1. The van der Waals surface area contributed by atoms with Gasteiger partial charge in [-0.2, -0.15) is 0 Å². The molecule has 0 fully saturated rings. The van der Waals surface area contributed by atoms with Crippen molar-refractivity contribution in [2.75, 3.05) is 54.5 Å². The van der Waals surface area contributed by atoms with E-state index in [0.717, 1.165) is 59.7 Å². The molecular formula is C23H32N2O3. The Hall–Kier alpha value is -2.08. The molecule has 1 N–H and O–H groups in total. The van der Waals surface area contributed by atoms with Crippen molar-refractivity contribution in [1.82, 2.24) is 9.80 Å². The van der Waals surface area contributed by atoms with Gasteiger partial charge in [0.05, 0.1) is 13.2 Å². The summed E-state index contributed by atoms with van der Waals surface area (Å²) in [6.45, 7) is 3.36. The van der Waals surface area contributed by atoms with Crippen LogP contribution in [0.15, 0.2) is 36.4 Å². The van der Waals surface area contributed by atoms with Crippen molar-refractivity contribution >= 4 is 0 Å². The second kappa shape index (κ2) is 9.41. The predicted molar refractivity (Wildman–Crippen MR) is 113 cm³/mol. The Morgan fingerprint density at radius 3 is 1.93 bits per heavy atom. The van der Waals surface area contributed by atoms with E-state index in [9.17, 15) is 5.11 Å². The maximum atomic E-state index is 10.8. The van der Waals surface area contributed by atoms with Crippen LogP contribution in [0.2, 0.25) is 0 Å². The highest BCUT2D eigenvalue weighted by Crippen LogP contribution is 2.45. The highest BCUT2D eigenvalue weighted by molar-refractivity contribution is 5.79. The predicted octanol–water partition coefficient (Wildman–Crippen LogP) is 3.41. The molecule has 0 saturated carbocycles. The number of hydrogen-bond donors (Lipinski definition) is 1. The Morgan fingerprint density at radius 1 is 0.750 bits per heavy atom. The van der Waals surface area contributed by atoms with Crippen LogP contribution in [-0.2, 0) is 0 Å². The van der Waals surface area contributed by atoms with Gasteiger partial charge in [-0.05, 0) is 87.6 Å². The fourth-order valence-electron chi connectivity index (χ4n) is 3.51. The van der Waals surface area contributed by atoms with Crippen molar-refractivity contribution in [2.24, 2.45) is 0 Å². The number of nitrogens with zero attached hydrogens (tertiary/aromatic N) is 2. The monoisotopic (exact) mass is 384 g/mol. The van der Waals surface area contributed by atoms with Gasteiger partial charge in [0.25, 0.3) is 0 Å². The zero-order valence-corrected chi connectivity index (χ0v) is 17.4. The standard InChI is InChI=1S/C23H32N2O3/c1-24(2)11-5-13-27-17-8-10-20-21(15-17)19-9-7-18(16-22(19)23(20)26)28-14-6-12-25(3)4/h7-10,15-16,23,26H,5-6,11-14H2,1-4H3. The van der Waals surface area contributed by atoms with Gasteiger partial charge < -0.3 is 24.4 Å². The fraction of sp³-hybridized carbons (Fsp3) is 0.478. The average Bonchev–Trinajstić information content (AvgIpc) is 2.94. The number of aliphatic hydroxyl groups excluding tert-OH is 1. The first kappa shape index (κ1) is 20.6. The van der Waals surface area contributed by atoms with Crippen LogP contribution in [-0.4, -0.2) is 69.4 Å². The van der Waals surface area contributed by atoms with Crippen molar-refractivity contribution < 1.29 is 14.6 Å². The molecule has 5 nitrogen and oxygen atoms in total. The third-order valence-electron chi connectivity index (χ3n) is 4.96. The molecule has 152 valence electrons. The number of rotatable bonds is 10. The van der Waals surface area contributed by atoms with Gasteiger partial charge in [-0.3, -0.25) is 0 Å². The summed E-state index contributed by atoms with van der Waals surface area (Å²) in [5.41, 5.74) is 3.94. The number of hydrogen-bond acceptors (Lipinski definition) is 5. The lowest BCUT2D eigenvalue weighted by Gasteiger charge is -2.12. The zero-order valence-electron chi connectivity index (χ0n) is 17.4. The molecule has 0 bridgehead atoms. The van der Waals surface area contributed by atoms with Crippen molar-refractivity contribution in [3.8, 4) is 22.6 Å². The maximum Gasteiger partial charge on any atom is 0.119 e. The molecule has 1 atom stereocenters. The topological polar surface area (TPSA) is 45.2 Å². The highest BCUT2D eigenvalue weighted by atomic mass is 16.5. The van der Waals surface area contributed by atoms with E-state index in [1.807, 2.05) is 36.4 Å². The van der Waals surface area contributed by atoms with E-state index in [-0.39, 0.29) is 0 Å². The molecule has 0 radical (unpaired) electrons. The Kier molecular flexibility index (Phi) is 6.94. The third-order valence-corrected chi connectivity index (χ3v) is 4.96. The Labute approximate surface area is 168 Å². The molecule has 0 aromatic heterocycles. The summed E-state index contributed by atoms with van der Waals surface area (Å²) < 4.78 is 11.8. The molecule has 3 rings (SSSR count). The Morgan fingerprint density at radius 2 is 1.32 bits per heavy atom. The van der Waals surface area contributed by atoms with Crippen molar-refractivity contribution in [3.63, 3.8) is 0 Å². The molecule has 28 heavy (non-hydrogen) atoms. The van der Waals surface area contributed by atoms with Gasteiger partial charge in [-0.15, -0.1) is 0 Å². The number of benzene rings is 2. The molecule has 5 heteroatoms. The third kappa shape index (κ3) is 5.04. The van der Waals surface area contributed by atoms with Crippen LogP contribution in [0.5, 0.6) is 11.5 Å². The van der Waals surface area contributed by atoms with Gasteiger partial charge in [-0.25, -0.2) is 0 Å². The molecule has 2 aromatic carbocycles. The molecule has 1 aliphatic carbocycles. The average molecular weight is 385 g/mol. The first-order valence-corrected chi connectivity index (χ1v) is 9.97. The van der Waals surface area contributed by atoms with Crippen LogP contribution in [0.3, 0.4) is 0 Å². The molecule has 0 spiro atoms. The summed E-state index contributed by atoms with van der Waals surface area (Å²) in [5.74, 6) is 1.66. The van der Waals surface area contributed by atoms with Crippen LogP contribution in [0.1, 0.15) is 30.1 Å². The number of ether oxygens (including phenoxy) is 2. The molecule has 0 amide bonds. The minimum Gasteiger partial charge on any atom is -0.494 e. The lowest BCUT2D eigenvalue weighted by Crippen LogP contribution is -2.15. The lowest BCUT2D eigenvalue weighted by molar-refractivity contribution is 0.223. The summed E-state index contributed by atoms with van der Waals surface area (Å²) in [4.78, 5) is 4.30. The van der Waals surface area contributed by atoms with Gasteiger partial charge in [0.1, 0.15) is 17.6 Å². The minimum atomic E-state index is -0.613. The summed E-state index contributed by atoms with van der Waals surface area (Å²) in [5, 5.41) is 10.8. The van der Waals surface area contributed by atoms with Crippen LogP contribution in [0, 0.1) is 0 Å². The minimum absolute atomic E-state index is 0.613. The number of fused-ring (bicyclic) bond motifs is 3. The van der Waals surface area contributed by atoms with E-state index >= 15 is 0 Å². The van der Waals surface area contributed by atoms with Crippen molar-refractivity contribution in [2.45, 2.75) is 18.9 Å². The summed E-state index contributed by atoms with van der Waals surface area (Å²) >= 11 is 0. The van der Waals surface area contributed by atoms with Crippen LogP contribution >= 0.6 is 0 Å². The van der Waals surface area contributed by atoms with Crippen LogP contribution in [0.4, 0.5) is 0 Å². The first-order valence-electron chi connectivity index (χ1n) is 9.97.